The van der Waals surface area contributed by atoms with E-state index in [1.165, 1.54) is 10.9 Å². The largest absolute Gasteiger partial charge is 0.480 e. The molecule has 0 spiro atoms. The van der Waals surface area contributed by atoms with E-state index in [4.69, 9.17) is 5.11 Å². The molecule has 116 valence electrons. The SMILES string of the molecule is CCC(C(=O)NCc1cn(CC(=O)O)nn1)c1ccccc1. The molecule has 1 unspecified atom stereocenters. The van der Waals surface area contributed by atoms with E-state index in [2.05, 4.69) is 15.6 Å². The van der Waals surface area contributed by atoms with Gasteiger partial charge in [-0.25, -0.2) is 4.68 Å². The van der Waals surface area contributed by atoms with Gasteiger partial charge in [0.05, 0.1) is 18.7 Å². The van der Waals surface area contributed by atoms with Gasteiger partial charge in [-0.2, -0.15) is 0 Å². The number of carbonyl (C=O) groups excluding carboxylic acids is 1. The predicted octanol–water partition coefficient (Wildman–Crippen LogP) is 1.17. The second-order valence-electron chi connectivity index (χ2n) is 4.89. The maximum atomic E-state index is 12.3. The van der Waals surface area contributed by atoms with Crippen LogP contribution in [-0.2, 0) is 22.7 Å². The van der Waals surface area contributed by atoms with E-state index in [1.54, 1.807) is 0 Å². The van der Waals surface area contributed by atoms with Crippen molar-refractivity contribution in [3.8, 4) is 0 Å². The molecule has 0 fully saturated rings. The van der Waals surface area contributed by atoms with Crippen LogP contribution in [0.5, 0.6) is 0 Å². The number of nitrogens with one attached hydrogen (secondary N) is 1. The summed E-state index contributed by atoms with van der Waals surface area (Å²) in [7, 11) is 0. The average Bonchev–Trinajstić information content (AvgIpc) is 2.94. The molecule has 1 aromatic carbocycles. The Hall–Kier alpha value is -2.70. The molecule has 2 aromatic rings. The predicted molar refractivity (Wildman–Crippen MR) is 79.0 cm³/mol. The molecule has 7 nitrogen and oxygen atoms in total. The van der Waals surface area contributed by atoms with Gasteiger partial charge in [0.2, 0.25) is 5.91 Å². The molecule has 1 atom stereocenters. The van der Waals surface area contributed by atoms with E-state index in [0.29, 0.717) is 12.1 Å². The Morgan fingerprint density at radius 1 is 1.32 bits per heavy atom. The van der Waals surface area contributed by atoms with Gasteiger partial charge in [-0.3, -0.25) is 9.59 Å². The lowest BCUT2D eigenvalue weighted by Gasteiger charge is -2.14. The normalized spacial score (nSPS) is 11.9. The van der Waals surface area contributed by atoms with E-state index in [0.717, 1.165) is 5.56 Å². The summed E-state index contributed by atoms with van der Waals surface area (Å²) in [6, 6.07) is 9.58. The molecule has 2 N–H and O–H groups in total. The summed E-state index contributed by atoms with van der Waals surface area (Å²) < 4.78 is 1.22. The molecular weight excluding hydrogens is 284 g/mol. The number of aliphatic carboxylic acids is 1. The molecule has 1 aromatic heterocycles. The summed E-state index contributed by atoms with van der Waals surface area (Å²) in [6.45, 7) is 1.94. The van der Waals surface area contributed by atoms with E-state index in [1.807, 2.05) is 37.3 Å². The molecule has 0 saturated carbocycles. The number of aromatic nitrogens is 3. The minimum atomic E-state index is -0.990. The highest BCUT2D eigenvalue weighted by molar-refractivity contribution is 5.83. The fraction of sp³-hybridized carbons (Fsp3) is 0.333. The van der Waals surface area contributed by atoms with Crippen molar-refractivity contribution >= 4 is 11.9 Å². The third-order valence-electron chi connectivity index (χ3n) is 3.25. The highest BCUT2D eigenvalue weighted by Crippen LogP contribution is 2.19. The van der Waals surface area contributed by atoms with Gasteiger partial charge in [-0.15, -0.1) is 5.10 Å². The van der Waals surface area contributed by atoms with Crippen LogP contribution in [0.1, 0.15) is 30.5 Å². The molecule has 22 heavy (non-hydrogen) atoms. The molecule has 0 aliphatic rings. The Morgan fingerprint density at radius 2 is 2.05 bits per heavy atom. The summed E-state index contributed by atoms with van der Waals surface area (Å²) in [5.41, 5.74) is 1.49. The van der Waals surface area contributed by atoms with Crippen LogP contribution in [0.25, 0.3) is 0 Å². The van der Waals surface area contributed by atoms with Gasteiger partial charge < -0.3 is 10.4 Å². The molecule has 0 bridgehead atoms. The second kappa shape index (κ2) is 7.35. The highest BCUT2D eigenvalue weighted by atomic mass is 16.4. The number of nitrogens with zero attached hydrogens (tertiary/aromatic N) is 3. The topological polar surface area (TPSA) is 97.1 Å². The van der Waals surface area contributed by atoms with E-state index in [-0.39, 0.29) is 24.9 Å². The summed E-state index contributed by atoms with van der Waals surface area (Å²) in [5, 5.41) is 19.0. The standard InChI is InChI=1S/C15H18N4O3/c1-2-13(11-6-4-3-5-7-11)15(22)16-8-12-9-19(18-17-12)10-14(20)21/h3-7,9,13H,2,8,10H2,1H3,(H,16,22)(H,20,21). The van der Waals surface area contributed by atoms with Crippen molar-refractivity contribution in [3.63, 3.8) is 0 Å². The van der Waals surface area contributed by atoms with Crippen molar-refractivity contribution in [1.29, 1.82) is 0 Å². The van der Waals surface area contributed by atoms with Crippen molar-refractivity contribution in [3.05, 3.63) is 47.8 Å². The number of rotatable bonds is 7. The number of hydrogen-bond donors (Lipinski definition) is 2. The summed E-state index contributed by atoms with van der Waals surface area (Å²) in [6.07, 6.45) is 2.21. The third kappa shape index (κ3) is 4.15. The molecule has 1 heterocycles. The number of carboxylic acid groups (broad SMARTS) is 1. The van der Waals surface area contributed by atoms with Crippen LogP contribution in [0.4, 0.5) is 0 Å². The molecule has 0 aliphatic heterocycles. The van der Waals surface area contributed by atoms with Crippen LogP contribution in [0.2, 0.25) is 0 Å². The van der Waals surface area contributed by atoms with Crippen LogP contribution in [0.15, 0.2) is 36.5 Å². The van der Waals surface area contributed by atoms with E-state index in [9.17, 15) is 9.59 Å². The lowest BCUT2D eigenvalue weighted by atomic mass is 9.96. The monoisotopic (exact) mass is 302 g/mol. The first kappa shape index (κ1) is 15.7. The molecule has 2 rings (SSSR count). The molecule has 1 amide bonds. The third-order valence-corrected chi connectivity index (χ3v) is 3.25. The van der Waals surface area contributed by atoms with Gasteiger partial charge in [-0.05, 0) is 12.0 Å². The summed E-state index contributed by atoms with van der Waals surface area (Å²) >= 11 is 0. The van der Waals surface area contributed by atoms with E-state index < -0.39 is 5.97 Å². The minimum Gasteiger partial charge on any atom is -0.480 e. The molecule has 0 saturated heterocycles. The first-order valence-electron chi connectivity index (χ1n) is 7.03. The number of carbonyl (C=O) groups is 2. The fourth-order valence-electron chi connectivity index (χ4n) is 2.19. The van der Waals surface area contributed by atoms with Crippen LogP contribution in [0.3, 0.4) is 0 Å². The van der Waals surface area contributed by atoms with Gasteiger partial charge >= 0.3 is 5.97 Å². The zero-order chi connectivity index (χ0) is 15.9. The van der Waals surface area contributed by atoms with Gasteiger partial charge in [0.15, 0.2) is 0 Å². The van der Waals surface area contributed by atoms with Crippen LogP contribution in [0, 0.1) is 0 Å². The Bertz CT molecular complexity index is 639. The maximum absolute atomic E-state index is 12.3. The number of amides is 1. The average molecular weight is 302 g/mol. The smallest absolute Gasteiger partial charge is 0.325 e. The first-order valence-corrected chi connectivity index (χ1v) is 7.03. The van der Waals surface area contributed by atoms with Crippen LogP contribution >= 0.6 is 0 Å². The molecule has 0 aliphatic carbocycles. The quantitative estimate of drug-likeness (QED) is 0.800. The number of hydrogen-bond acceptors (Lipinski definition) is 4. The summed E-state index contributed by atoms with van der Waals surface area (Å²) in [4.78, 5) is 22.8. The van der Waals surface area contributed by atoms with Crippen LogP contribution in [-0.4, -0.2) is 32.0 Å². The Kier molecular flexibility index (Phi) is 5.24. The Balaban J connectivity index is 1.94. The fourth-order valence-corrected chi connectivity index (χ4v) is 2.19. The summed E-state index contributed by atoms with van der Waals surface area (Å²) in [5.74, 6) is -1.28. The van der Waals surface area contributed by atoms with Crippen molar-refractivity contribution in [2.24, 2.45) is 0 Å². The van der Waals surface area contributed by atoms with Crippen molar-refractivity contribution < 1.29 is 14.7 Å². The van der Waals surface area contributed by atoms with Crippen LogP contribution < -0.4 is 5.32 Å². The zero-order valence-electron chi connectivity index (χ0n) is 12.3. The lowest BCUT2D eigenvalue weighted by molar-refractivity contribution is -0.138. The Morgan fingerprint density at radius 3 is 2.68 bits per heavy atom. The van der Waals surface area contributed by atoms with E-state index >= 15 is 0 Å². The Labute approximate surface area is 128 Å². The molecule has 7 heteroatoms. The first-order chi connectivity index (χ1) is 10.6. The zero-order valence-corrected chi connectivity index (χ0v) is 12.3. The van der Waals surface area contributed by atoms with Crippen molar-refractivity contribution in [2.75, 3.05) is 0 Å². The van der Waals surface area contributed by atoms with Gasteiger partial charge in [0.1, 0.15) is 12.2 Å². The van der Waals surface area contributed by atoms with Gasteiger partial charge in [-0.1, -0.05) is 42.5 Å². The van der Waals surface area contributed by atoms with Gasteiger partial charge in [0, 0.05) is 0 Å². The number of carboxylic acids is 1. The second-order valence-corrected chi connectivity index (χ2v) is 4.89. The highest BCUT2D eigenvalue weighted by Gasteiger charge is 2.18. The molecule has 0 radical (unpaired) electrons. The number of benzene rings is 1. The maximum Gasteiger partial charge on any atom is 0.325 e. The molecular formula is C15H18N4O3. The lowest BCUT2D eigenvalue weighted by Crippen LogP contribution is -2.28. The van der Waals surface area contributed by atoms with Gasteiger partial charge in [0.25, 0.3) is 0 Å². The minimum absolute atomic E-state index is 0.0820. The van der Waals surface area contributed by atoms with Crippen molar-refractivity contribution in [2.45, 2.75) is 32.4 Å². The van der Waals surface area contributed by atoms with Crippen molar-refractivity contribution in [1.82, 2.24) is 20.3 Å².